The Hall–Kier alpha value is -1.70. The number of rotatable bonds is 2. The Labute approximate surface area is 72.8 Å². The van der Waals surface area contributed by atoms with Crippen LogP contribution < -0.4 is 0 Å². The molecule has 0 aliphatic heterocycles. The average Bonchev–Trinajstić information content (AvgIpc) is 2.21. The minimum atomic E-state index is 0.410. The standard InChI is InChI=1S/C8H8N2.C2H4/c1-2-8(9)7-4-3-5-10-6-7;1-2/h2-6,9H,1H2;1-2H2. The molecule has 1 rings (SSSR count). The zero-order valence-electron chi connectivity index (χ0n) is 6.96. The molecule has 0 radical (unpaired) electrons. The SMILES string of the molecule is C=C.C=CC(=N)c1cccnc1. The van der Waals surface area contributed by atoms with E-state index >= 15 is 0 Å². The third-order valence-corrected chi connectivity index (χ3v) is 1.18. The van der Waals surface area contributed by atoms with Gasteiger partial charge in [-0.15, -0.1) is 13.2 Å². The Morgan fingerprint density at radius 2 is 2.17 bits per heavy atom. The Balaban J connectivity index is 0.000000561. The van der Waals surface area contributed by atoms with Crippen molar-refractivity contribution in [3.63, 3.8) is 0 Å². The molecule has 62 valence electrons. The molecule has 0 saturated carbocycles. The first kappa shape index (κ1) is 10.3. The molecular formula is C10H12N2. The number of nitrogens with zero attached hydrogens (tertiary/aromatic N) is 1. The Kier molecular flexibility index (Phi) is 5.18. The predicted octanol–water partition coefficient (Wildman–Crippen LogP) is 2.44. The number of hydrogen-bond acceptors (Lipinski definition) is 2. The van der Waals surface area contributed by atoms with Crippen LogP contribution in [-0.2, 0) is 0 Å². The summed E-state index contributed by atoms with van der Waals surface area (Å²) in [4.78, 5) is 3.87. The van der Waals surface area contributed by atoms with Crippen LogP contribution in [0.4, 0.5) is 0 Å². The van der Waals surface area contributed by atoms with Crippen molar-refractivity contribution >= 4 is 5.71 Å². The lowest BCUT2D eigenvalue weighted by atomic mass is 10.2. The van der Waals surface area contributed by atoms with E-state index < -0.39 is 0 Å². The minimum Gasteiger partial charge on any atom is -0.300 e. The third kappa shape index (κ3) is 2.92. The Bertz CT molecular complexity index is 252. The maximum Gasteiger partial charge on any atom is 0.0621 e. The maximum atomic E-state index is 7.32. The van der Waals surface area contributed by atoms with Gasteiger partial charge in [-0.3, -0.25) is 4.98 Å². The van der Waals surface area contributed by atoms with E-state index in [0.29, 0.717) is 5.71 Å². The van der Waals surface area contributed by atoms with Crippen LogP contribution in [0.2, 0.25) is 0 Å². The molecule has 0 aromatic carbocycles. The number of nitrogens with one attached hydrogen (secondary N) is 1. The lowest BCUT2D eigenvalue weighted by Gasteiger charge is -1.93. The van der Waals surface area contributed by atoms with Crippen molar-refractivity contribution in [3.05, 3.63) is 55.9 Å². The zero-order valence-corrected chi connectivity index (χ0v) is 6.96. The molecule has 1 aromatic rings. The van der Waals surface area contributed by atoms with Gasteiger partial charge in [0.25, 0.3) is 0 Å². The first-order valence-corrected chi connectivity index (χ1v) is 3.46. The van der Waals surface area contributed by atoms with Gasteiger partial charge in [0.2, 0.25) is 0 Å². The van der Waals surface area contributed by atoms with E-state index in [-0.39, 0.29) is 0 Å². The molecule has 0 aliphatic carbocycles. The van der Waals surface area contributed by atoms with Gasteiger partial charge in [0.1, 0.15) is 0 Å². The molecule has 0 atom stereocenters. The predicted molar refractivity (Wildman–Crippen MR) is 52.5 cm³/mol. The second-order valence-electron chi connectivity index (χ2n) is 1.86. The van der Waals surface area contributed by atoms with Crippen molar-refractivity contribution < 1.29 is 0 Å². The van der Waals surface area contributed by atoms with Gasteiger partial charge >= 0.3 is 0 Å². The van der Waals surface area contributed by atoms with E-state index in [1.807, 2.05) is 6.07 Å². The van der Waals surface area contributed by atoms with Crippen molar-refractivity contribution in [3.8, 4) is 0 Å². The van der Waals surface area contributed by atoms with E-state index in [1.54, 1.807) is 18.5 Å². The molecular weight excluding hydrogens is 148 g/mol. The topological polar surface area (TPSA) is 36.7 Å². The molecule has 1 heterocycles. The fourth-order valence-corrected chi connectivity index (χ4v) is 0.640. The zero-order chi connectivity index (χ0) is 9.40. The van der Waals surface area contributed by atoms with Gasteiger partial charge in [-0.2, -0.15) is 0 Å². The van der Waals surface area contributed by atoms with E-state index in [1.165, 1.54) is 6.08 Å². The highest BCUT2D eigenvalue weighted by atomic mass is 14.6. The van der Waals surface area contributed by atoms with Gasteiger partial charge in [-0.1, -0.05) is 6.58 Å². The second-order valence-corrected chi connectivity index (χ2v) is 1.86. The molecule has 2 heteroatoms. The van der Waals surface area contributed by atoms with E-state index in [4.69, 9.17) is 5.41 Å². The fraction of sp³-hybridized carbons (Fsp3) is 0. The van der Waals surface area contributed by atoms with E-state index in [0.717, 1.165) is 5.56 Å². The summed E-state index contributed by atoms with van der Waals surface area (Å²) >= 11 is 0. The van der Waals surface area contributed by atoms with Crippen molar-refractivity contribution in [1.82, 2.24) is 4.98 Å². The van der Waals surface area contributed by atoms with Gasteiger partial charge in [-0.05, 0) is 18.2 Å². The second kappa shape index (κ2) is 6.04. The molecule has 0 unspecified atom stereocenters. The summed E-state index contributed by atoms with van der Waals surface area (Å²) in [6, 6.07) is 3.63. The van der Waals surface area contributed by atoms with Crippen molar-refractivity contribution in [2.45, 2.75) is 0 Å². The third-order valence-electron chi connectivity index (χ3n) is 1.18. The summed E-state index contributed by atoms with van der Waals surface area (Å²) in [6.45, 7) is 9.48. The van der Waals surface area contributed by atoms with Crippen LogP contribution >= 0.6 is 0 Å². The summed E-state index contributed by atoms with van der Waals surface area (Å²) in [6.07, 6.45) is 4.82. The number of pyridine rings is 1. The Morgan fingerprint density at radius 1 is 1.50 bits per heavy atom. The first-order valence-electron chi connectivity index (χ1n) is 3.46. The largest absolute Gasteiger partial charge is 0.300 e. The molecule has 12 heavy (non-hydrogen) atoms. The van der Waals surface area contributed by atoms with E-state index in [2.05, 4.69) is 24.7 Å². The van der Waals surface area contributed by atoms with Crippen LogP contribution in [0.15, 0.2) is 50.3 Å². The molecule has 0 saturated heterocycles. The smallest absolute Gasteiger partial charge is 0.0621 e. The molecule has 0 fully saturated rings. The highest BCUT2D eigenvalue weighted by Gasteiger charge is 1.92. The van der Waals surface area contributed by atoms with Gasteiger partial charge in [0, 0.05) is 18.0 Å². The summed E-state index contributed by atoms with van der Waals surface area (Å²) in [5.74, 6) is 0. The normalized spacial score (nSPS) is 7.67. The van der Waals surface area contributed by atoms with Crippen molar-refractivity contribution in [2.24, 2.45) is 0 Å². The van der Waals surface area contributed by atoms with Crippen LogP contribution in [0.5, 0.6) is 0 Å². The molecule has 1 aromatic heterocycles. The lowest BCUT2D eigenvalue weighted by Crippen LogP contribution is -1.92. The first-order chi connectivity index (χ1) is 5.84. The van der Waals surface area contributed by atoms with E-state index in [9.17, 15) is 0 Å². The van der Waals surface area contributed by atoms with Crippen LogP contribution in [0, 0.1) is 5.41 Å². The molecule has 2 nitrogen and oxygen atoms in total. The molecule has 0 aliphatic rings. The molecule has 0 bridgehead atoms. The minimum absolute atomic E-state index is 0.410. The van der Waals surface area contributed by atoms with Gasteiger partial charge in [0.05, 0.1) is 5.71 Å². The monoisotopic (exact) mass is 160 g/mol. The quantitative estimate of drug-likeness (QED) is 0.523. The summed E-state index contributed by atoms with van der Waals surface area (Å²) in [5, 5.41) is 7.32. The van der Waals surface area contributed by atoms with Crippen LogP contribution in [0.1, 0.15) is 5.56 Å². The molecule has 0 spiro atoms. The van der Waals surface area contributed by atoms with Crippen molar-refractivity contribution in [1.29, 1.82) is 5.41 Å². The average molecular weight is 160 g/mol. The Morgan fingerprint density at radius 3 is 2.58 bits per heavy atom. The summed E-state index contributed by atoms with van der Waals surface area (Å²) < 4.78 is 0. The number of hydrogen-bond donors (Lipinski definition) is 1. The summed E-state index contributed by atoms with van der Waals surface area (Å²) in [7, 11) is 0. The van der Waals surface area contributed by atoms with Crippen LogP contribution in [0.25, 0.3) is 0 Å². The maximum absolute atomic E-state index is 7.32. The van der Waals surface area contributed by atoms with Crippen LogP contribution in [0.3, 0.4) is 0 Å². The molecule has 0 amide bonds. The van der Waals surface area contributed by atoms with Gasteiger partial charge in [0.15, 0.2) is 0 Å². The highest BCUT2D eigenvalue weighted by molar-refractivity contribution is 6.05. The lowest BCUT2D eigenvalue weighted by molar-refractivity contribution is 1.31. The highest BCUT2D eigenvalue weighted by Crippen LogP contribution is 1.96. The number of aromatic nitrogens is 1. The van der Waals surface area contributed by atoms with Crippen molar-refractivity contribution in [2.75, 3.05) is 0 Å². The fourth-order valence-electron chi connectivity index (χ4n) is 0.640. The summed E-state index contributed by atoms with van der Waals surface area (Å²) in [5.41, 5.74) is 1.21. The van der Waals surface area contributed by atoms with Gasteiger partial charge < -0.3 is 5.41 Å². The molecule has 1 N–H and O–H groups in total. The van der Waals surface area contributed by atoms with Gasteiger partial charge in [-0.25, -0.2) is 0 Å². The number of allylic oxidation sites excluding steroid dienone is 1. The van der Waals surface area contributed by atoms with Crippen LogP contribution in [-0.4, -0.2) is 10.7 Å².